The number of carbonyl (C=O) groups is 2. The summed E-state index contributed by atoms with van der Waals surface area (Å²) in [6.45, 7) is 1.16. The first-order valence-electron chi connectivity index (χ1n) is 10.9. The second-order valence-electron chi connectivity index (χ2n) is 9.41. The summed E-state index contributed by atoms with van der Waals surface area (Å²) in [5, 5.41) is 15.7. The summed E-state index contributed by atoms with van der Waals surface area (Å²) >= 11 is 0. The van der Waals surface area contributed by atoms with E-state index in [2.05, 4.69) is 10.4 Å². The van der Waals surface area contributed by atoms with Crippen LogP contribution >= 0.6 is 0 Å². The molecule has 1 aliphatic carbocycles. The maximum absolute atomic E-state index is 13.1. The molecule has 2 fully saturated rings. The number of amides is 3. The zero-order chi connectivity index (χ0) is 25.1. The highest BCUT2D eigenvalue weighted by atomic mass is 19.4. The van der Waals surface area contributed by atoms with Crippen LogP contribution in [0.4, 0.5) is 23.7 Å². The Bertz CT molecular complexity index is 1370. The van der Waals surface area contributed by atoms with Gasteiger partial charge in [-0.2, -0.15) is 23.5 Å². The Morgan fingerprint density at radius 1 is 1.23 bits per heavy atom. The third-order valence-corrected chi connectivity index (χ3v) is 6.95. The SMILES string of the molecule is CN(C(=O)Nc1cc(C#N)cc(C(F)(F)F)c1)C1CC2(C1)CN(C(=O)c1cnn3ccn(C)c13)C2. The number of nitriles is 1. The highest BCUT2D eigenvalue weighted by Gasteiger charge is 2.55. The highest BCUT2D eigenvalue weighted by Crippen LogP contribution is 2.50. The van der Waals surface area contributed by atoms with Crippen molar-refractivity contribution >= 4 is 23.3 Å². The van der Waals surface area contributed by atoms with Crippen molar-refractivity contribution < 1.29 is 22.8 Å². The van der Waals surface area contributed by atoms with Gasteiger partial charge in [0.1, 0.15) is 11.2 Å². The van der Waals surface area contributed by atoms with E-state index in [0.717, 1.165) is 17.8 Å². The first-order valence-corrected chi connectivity index (χ1v) is 10.9. The maximum Gasteiger partial charge on any atom is 0.416 e. The summed E-state index contributed by atoms with van der Waals surface area (Å²) in [5.74, 6) is -0.0835. The van der Waals surface area contributed by atoms with Crippen LogP contribution < -0.4 is 5.32 Å². The number of nitrogens with one attached hydrogen (secondary N) is 1. The van der Waals surface area contributed by atoms with Crippen LogP contribution in [0.1, 0.15) is 34.3 Å². The zero-order valence-corrected chi connectivity index (χ0v) is 19.0. The molecule has 35 heavy (non-hydrogen) atoms. The minimum absolute atomic E-state index is 0.0560. The molecule has 3 amide bonds. The zero-order valence-electron chi connectivity index (χ0n) is 19.0. The molecule has 1 saturated carbocycles. The van der Waals surface area contributed by atoms with E-state index in [-0.39, 0.29) is 28.6 Å². The third-order valence-electron chi connectivity index (χ3n) is 6.95. The van der Waals surface area contributed by atoms with Crippen LogP contribution in [-0.4, -0.2) is 62.1 Å². The number of benzene rings is 1. The molecule has 0 radical (unpaired) electrons. The normalized spacial score (nSPS) is 17.1. The first-order chi connectivity index (χ1) is 16.5. The predicted molar refractivity (Wildman–Crippen MR) is 118 cm³/mol. The van der Waals surface area contributed by atoms with Gasteiger partial charge in [0.05, 0.1) is 23.4 Å². The molecule has 0 bridgehead atoms. The standard InChI is InChI=1S/C23H22F3N7O2/c1-30-3-4-33-19(30)18(11-28-33)20(34)32-12-22(13-32)8-17(9-22)31(2)21(35)29-16-6-14(10-27)5-15(7-16)23(24,25)26/h3-7,11,17H,8-9,12-13H2,1-2H3,(H,29,35). The lowest BCUT2D eigenvalue weighted by atomic mass is 9.60. The molecule has 2 aliphatic rings. The average molecular weight is 485 g/mol. The van der Waals surface area contributed by atoms with Crippen molar-refractivity contribution in [2.75, 3.05) is 25.5 Å². The molecular weight excluding hydrogens is 463 g/mol. The van der Waals surface area contributed by atoms with Crippen LogP contribution in [0.15, 0.2) is 36.8 Å². The van der Waals surface area contributed by atoms with Gasteiger partial charge in [-0.15, -0.1) is 0 Å². The Hall–Kier alpha value is -4.01. The van der Waals surface area contributed by atoms with Crippen LogP contribution in [0.5, 0.6) is 0 Å². The Kier molecular flexibility index (Phi) is 5.05. The van der Waals surface area contributed by atoms with Crippen molar-refractivity contribution in [3.63, 3.8) is 0 Å². The Morgan fingerprint density at radius 3 is 2.60 bits per heavy atom. The van der Waals surface area contributed by atoms with Gasteiger partial charge in [0.15, 0.2) is 0 Å². The minimum atomic E-state index is -4.63. The molecule has 9 nitrogen and oxygen atoms in total. The first kappa shape index (κ1) is 22.8. The number of halogens is 3. The van der Waals surface area contributed by atoms with E-state index in [1.165, 1.54) is 11.0 Å². The van der Waals surface area contributed by atoms with Crippen LogP contribution in [-0.2, 0) is 13.2 Å². The van der Waals surface area contributed by atoms with Gasteiger partial charge in [-0.25, -0.2) is 9.31 Å². The molecule has 0 atom stereocenters. The Morgan fingerprint density at radius 2 is 1.94 bits per heavy atom. The fourth-order valence-electron chi connectivity index (χ4n) is 5.06. The van der Waals surface area contributed by atoms with Gasteiger partial charge in [0.25, 0.3) is 5.91 Å². The lowest BCUT2D eigenvalue weighted by Crippen LogP contribution is -2.67. The lowest BCUT2D eigenvalue weighted by Gasteiger charge is -2.60. The summed E-state index contributed by atoms with van der Waals surface area (Å²) in [5.41, 5.74) is -0.0612. The number of imidazole rings is 1. The summed E-state index contributed by atoms with van der Waals surface area (Å²) in [7, 11) is 3.44. The molecular formula is C23H22F3N7O2. The molecule has 1 aromatic carbocycles. The van der Waals surface area contributed by atoms with Gasteiger partial charge < -0.3 is 19.7 Å². The van der Waals surface area contributed by atoms with Crippen molar-refractivity contribution in [1.29, 1.82) is 5.26 Å². The number of nitrogens with zero attached hydrogens (tertiary/aromatic N) is 6. The van der Waals surface area contributed by atoms with Crippen molar-refractivity contribution in [2.24, 2.45) is 12.5 Å². The van der Waals surface area contributed by atoms with Crippen LogP contribution in [0.3, 0.4) is 0 Å². The second kappa shape index (κ2) is 7.76. The summed E-state index contributed by atoms with van der Waals surface area (Å²) < 4.78 is 42.8. The maximum atomic E-state index is 13.1. The molecule has 1 spiro atoms. The lowest BCUT2D eigenvalue weighted by molar-refractivity contribution is -0.137. The van der Waals surface area contributed by atoms with E-state index in [1.54, 1.807) is 34.9 Å². The van der Waals surface area contributed by atoms with Gasteiger partial charge in [-0.05, 0) is 31.0 Å². The van der Waals surface area contributed by atoms with Gasteiger partial charge in [0, 0.05) is 56.7 Å². The number of likely N-dealkylation sites (tertiary alicyclic amines) is 1. The number of hydrogen-bond donors (Lipinski definition) is 1. The minimum Gasteiger partial charge on any atom is -0.337 e. The number of anilines is 1. The number of fused-ring (bicyclic) bond motifs is 1. The van der Waals surface area contributed by atoms with E-state index in [4.69, 9.17) is 5.26 Å². The smallest absolute Gasteiger partial charge is 0.337 e. The summed E-state index contributed by atoms with van der Waals surface area (Å²) in [6, 6.07) is 3.80. The van der Waals surface area contributed by atoms with Crippen LogP contribution in [0.25, 0.3) is 5.65 Å². The number of aryl methyl sites for hydroxylation is 1. The molecule has 3 aromatic rings. The fourth-order valence-corrected chi connectivity index (χ4v) is 5.06. The van der Waals surface area contributed by atoms with Gasteiger partial charge in [-0.3, -0.25) is 4.79 Å². The summed E-state index contributed by atoms with van der Waals surface area (Å²) in [4.78, 5) is 28.8. The second-order valence-corrected chi connectivity index (χ2v) is 9.41. The highest BCUT2D eigenvalue weighted by molar-refractivity contribution is 6.00. The van der Waals surface area contributed by atoms with E-state index in [0.29, 0.717) is 31.5 Å². The number of hydrogen-bond acceptors (Lipinski definition) is 4. The van der Waals surface area contributed by atoms with Crippen molar-refractivity contribution in [3.8, 4) is 6.07 Å². The van der Waals surface area contributed by atoms with Gasteiger partial charge in [-0.1, -0.05) is 0 Å². The monoisotopic (exact) mass is 485 g/mol. The van der Waals surface area contributed by atoms with Crippen LogP contribution in [0, 0.1) is 16.7 Å². The van der Waals surface area contributed by atoms with E-state index in [9.17, 15) is 22.8 Å². The average Bonchev–Trinajstić information content (AvgIpc) is 3.33. The van der Waals surface area contributed by atoms with Gasteiger partial charge in [0.2, 0.25) is 0 Å². The Labute approximate surface area is 198 Å². The molecule has 1 aliphatic heterocycles. The molecule has 12 heteroatoms. The number of rotatable bonds is 3. The van der Waals surface area contributed by atoms with Crippen molar-refractivity contribution in [1.82, 2.24) is 24.0 Å². The number of aromatic nitrogens is 3. The van der Waals surface area contributed by atoms with Gasteiger partial charge >= 0.3 is 12.2 Å². The fraction of sp³-hybridized carbons (Fsp3) is 0.391. The van der Waals surface area contributed by atoms with Crippen molar-refractivity contribution in [2.45, 2.75) is 25.1 Å². The molecule has 2 aromatic heterocycles. The number of carbonyl (C=O) groups excluding carboxylic acids is 2. The molecule has 3 heterocycles. The molecule has 0 unspecified atom stereocenters. The largest absolute Gasteiger partial charge is 0.416 e. The predicted octanol–water partition coefficient (Wildman–Crippen LogP) is 3.33. The number of urea groups is 1. The third kappa shape index (κ3) is 3.86. The van der Waals surface area contributed by atoms with E-state index < -0.39 is 17.8 Å². The molecule has 1 N–H and O–H groups in total. The summed E-state index contributed by atoms with van der Waals surface area (Å²) in [6.07, 6.45) is 1.93. The van der Waals surface area contributed by atoms with Crippen molar-refractivity contribution in [3.05, 3.63) is 53.5 Å². The Balaban J connectivity index is 1.18. The van der Waals surface area contributed by atoms with E-state index >= 15 is 0 Å². The topological polar surface area (TPSA) is 98.7 Å². The quantitative estimate of drug-likeness (QED) is 0.615. The number of alkyl halides is 3. The molecule has 182 valence electrons. The van der Waals surface area contributed by atoms with E-state index in [1.807, 2.05) is 17.8 Å². The molecule has 1 saturated heterocycles. The van der Waals surface area contributed by atoms with Crippen LogP contribution in [0.2, 0.25) is 0 Å². The molecule has 5 rings (SSSR count).